The fourth-order valence-corrected chi connectivity index (χ4v) is 2.94. The third kappa shape index (κ3) is 4.24. The zero-order chi connectivity index (χ0) is 17.6. The van der Waals surface area contributed by atoms with Crippen molar-refractivity contribution in [3.63, 3.8) is 0 Å². The summed E-state index contributed by atoms with van der Waals surface area (Å²) in [6.07, 6.45) is 4.18. The quantitative estimate of drug-likeness (QED) is 0.678. The number of hydrogen-bond donors (Lipinski definition) is 1. The summed E-state index contributed by atoms with van der Waals surface area (Å²) in [7, 11) is 0. The average molecular weight is 354 g/mol. The first-order chi connectivity index (χ1) is 12.2. The molecule has 0 fully saturated rings. The molecule has 3 rings (SSSR count). The maximum absolute atomic E-state index is 12.4. The molecular formula is C18H18N4O2S. The number of nitrogens with zero attached hydrogens (tertiary/aromatic N) is 3. The summed E-state index contributed by atoms with van der Waals surface area (Å²) in [5, 5.41) is 11.0. The van der Waals surface area contributed by atoms with Crippen LogP contribution in [0.2, 0.25) is 0 Å². The second-order valence-corrected chi connectivity index (χ2v) is 6.66. The van der Waals surface area contributed by atoms with E-state index in [1.807, 2.05) is 31.2 Å². The Balaban J connectivity index is 1.65. The van der Waals surface area contributed by atoms with Gasteiger partial charge in [0.1, 0.15) is 0 Å². The van der Waals surface area contributed by atoms with Crippen molar-refractivity contribution in [1.29, 1.82) is 0 Å². The molecule has 0 radical (unpaired) electrons. The summed E-state index contributed by atoms with van der Waals surface area (Å²) in [6, 6.07) is 11.4. The van der Waals surface area contributed by atoms with Crippen molar-refractivity contribution in [2.45, 2.75) is 30.7 Å². The van der Waals surface area contributed by atoms with Crippen LogP contribution in [0.15, 0.2) is 58.4 Å². The second-order valence-electron chi connectivity index (χ2n) is 5.37. The van der Waals surface area contributed by atoms with Gasteiger partial charge in [-0.15, -0.1) is 10.2 Å². The van der Waals surface area contributed by atoms with Crippen molar-refractivity contribution < 1.29 is 9.21 Å². The topological polar surface area (TPSA) is 80.9 Å². The molecule has 0 saturated carbocycles. The molecule has 25 heavy (non-hydrogen) atoms. The largest absolute Gasteiger partial charge is 0.411 e. The van der Waals surface area contributed by atoms with Crippen molar-refractivity contribution in [2.75, 3.05) is 5.32 Å². The molecule has 7 heteroatoms. The Hall–Kier alpha value is -2.67. The molecule has 1 amide bonds. The molecule has 1 aromatic carbocycles. The molecular weight excluding hydrogens is 336 g/mol. The van der Waals surface area contributed by atoms with Gasteiger partial charge in [-0.05, 0) is 37.1 Å². The molecule has 2 aromatic heterocycles. The first-order valence-corrected chi connectivity index (χ1v) is 8.84. The number of carbonyl (C=O) groups excluding carboxylic acids is 1. The molecule has 0 unspecified atom stereocenters. The molecule has 0 aliphatic carbocycles. The number of para-hydroxylation sites is 1. The number of benzene rings is 1. The van der Waals surface area contributed by atoms with Crippen LogP contribution in [0.1, 0.15) is 19.4 Å². The summed E-state index contributed by atoms with van der Waals surface area (Å²) in [5.41, 5.74) is 2.74. The lowest BCUT2D eigenvalue weighted by atomic mass is 10.1. The van der Waals surface area contributed by atoms with Crippen molar-refractivity contribution in [3.05, 3.63) is 54.4 Å². The molecule has 0 aliphatic heterocycles. The molecule has 6 nitrogen and oxygen atoms in total. The van der Waals surface area contributed by atoms with Gasteiger partial charge in [0, 0.05) is 23.6 Å². The Morgan fingerprint density at radius 3 is 2.72 bits per heavy atom. The van der Waals surface area contributed by atoms with E-state index in [0.717, 1.165) is 23.2 Å². The highest BCUT2D eigenvalue weighted by Crippen LogP contribution is 2.27. The van der Waals surface area contributed by atoms with E-state index in [9.17, 15) is 4.79 Å². The lowest BCUT2D eigenvalue weighted by molar-refractivity contribution is -0.115. The summed E-state index contributed by atoms with van der Waals surface area (Å²) in [5.74, 6) is 0.309. The number of aromatic nitrogens is 3. The van der Waals surface area contributed by atoms with Gasteiger partial charge in [0.2, 0.25) is 11.8 Å². The maximum Gasteiger partial charge on any atom is 0.277 e. The van der Waals surface area contributed by atoms with Crippen LogP contribution >= 0.6 is 11.8 Å². The van der Waals surface area contributed by atoms with Gasteiger partial charge in [-0.25, -0.2) is 0 Å². The smallest absolute Gasteiger partial charge is 0.277 e. The highest BCUT2D eigenvalue weighted by atomic mass is 32.2. The first kappa shape index (κ1) is 17.2. The van der Waals surface area contributed by atoms with E-state index in [2.05, 4.69) is 27.4 Å². The van der Waals surface area contributed by atoms with Crippen LogP contribution in [0.5, 0.6) is 0 Å². The fourth-order valence-electron chi connectivity index (χ4n) is 2.26. The zero-order valence-corrected chi connectivity index (χ0v) is 14.8. The van der Waals surface area contributed by atoms with E-state index in [0.29, 0.717) is 11.1 Å². The van der Waals surface area contributed by atoms with Gasteiger partial charge in [0.25, 0.3) is 5.22 Å². The lowest BCUT2D eigenvalue weighted by Crippen LogP contribution is -2.23. The third-order valence-corrected chi connectivity index (χ3v) is 4.57. The Bertz CT molecular complexity index is 851. The van der Waals surface area contributed by atoms with Gasteiger partial charge < -0.3 is 9.73 Å². The minimum absolute atomic E-state index is 0.102. The Kier molecular flexibility index (Phi) is 5.45. The number of carbonyl (C=O) groups is 1. The predicted octanol–water partition coefficient (Wildman–Crippen LogP) is 3.81. The summed E-state index contributed by atoms with van der Waals surface area (Å²) in [6.45, 7) is 3.87. The van der Waals surface area contributed by atoms with Crippen molar-refractivity contribution in [2.24, 2.45) is 0 Å². The summed E-state index contributed by atoms with van der Waals surface area (Å²) in [4.78, 5) is 16.4. The third-order valence-electron chi connectivity index (χ3n) is 3.64. The molecule has 0 aliphatic rings. The number of pyridine rings is 1. The van der Waals surface area contributed by atoms with Crippen LogP contribution in [0.3, 0.4) is 0 Å². The second kappa shape index (κ2) is 7.94. The predicted molar refractivity (Wildman–Crippen MR) is 97.3 cm³/mol. The number of rotatable bonds is 6. The number of aryl methyl sites for hydroxylation is 1. The van der Waals surface area contributed by atoms with E-state index in [4.69, 9.17) is 4.42 Å². The van der Waals surface area contributed by atoms with Crippen LogP contribution in [-0.4, -0.2) is 26.3 Å². The molecule has 2 heterocycles. The molecule has 3 aromatic rings. The Labute approximate surface area is 150 Å². The fraction of sp³-hybridized carbons (Fsp3) is 0.222. The van der Waals surface area contributed by atoms with Gasteiger partial charge in [-0.1, -0.05) is 36.9 Å². The average Bonchev–Trinajstić information content (AvgIpc) is 3.11. The van der Waals surface area contributed by atoms with E-state index < -0.39 is 0 Å². The zero-order valence-electron chi connectivity index (χ0n) is 14.0. The monoisotopic (exact) mass is 354 g/mol. The van der Waals surface area contributed by atoms with Gasteiger partial charge in [0.15, 0.2) is 0 Å². The van der Waals surface area contributed by atoms with E-state index in [1.54, 1.807) is 24.5 Å². The van der Waals surface area contributed by atoms with Gasteiger partial charge >= 0.3 is 0 Å². The van der Waals surface area contributed by atoms with Crippen molar-refractivity contribution in [3.8, 4) is 11.5 Å². The minimum atomic E-state index is -0.365. The van der Waals surface area contributed by atoms with Crippen LogP contribution in [0.25, 0.3) is 11.5 Å². The molecule has 128 valence electrons. The molecule has 0 saturated heterocycles. The lowest BCUT2D eigenvalue weighted by Gasteiger charge is -2.12. The van der Waals surface area contributed by atoms with E-state index in [-0.39, 0.29) is 11.2 Å². The standard InChI is InChI=1S/C18H18N4O2S/c1-3-13-6-4-5-7-15(13)20-16(23)12(2)25-18-22-21-17(24-18)14-8-10-19-11-9-14/h4-12H,3H2,1-2H3,(H,20,23)/t12-/m1/s1. The highest BCUT2D eigenvalue weighted by molar-refractivity contribution is 8.00. The van der Waals surface area contributed by atoms with E-state index >= 15 is 0 Å². The normalized spacial score (nSPS) is 11.9. The Morgan fingerprint density at radius 1 is 1.20 bits per heavy atom. The SMILES string of the molecule is CCc1ccccc1NC(=O)[C@@H](C)Sc1nnc(-c2ccncc2)o1. The van der Waals surface area contributed by atoms with Crippen LogP contribution in [0.4, 0.5) is 5.69 Å². The minimum Gasteiger partial charge on any atom is -0.411 e. The number of amides is 1. The van der Waals surface area contributed by atoms with Crippen LogP contribution in [-0.2, 0) is 11.2 Å². The van der Waals surface area contributed by atoms with Gasteiger partial charge in [-0.3, -0.25) is 9.78 Å². The number of anilines is 1. The number of nitrogens with one attached hydrogen (secondary N) is 1. The Morgan fingerprint density at radius 2 is 1.96 bits per heavy atom. The number of hydrogen-bond acceptors (Lipinski definition) is 6. The van der Waals surface area contributed by atoms with Gasteiger partial charge in [0.05, 0.1) is 5.25 Å². The number of thioether (sulfide) groups is 1. The molecule has 0 bridgehead atoms. The first-order valence-electron chi connectivity index (χ1n) is 7.96. The van der Waals surface area contributed by atoms with Crippen molar-refractivity contribution >= 4 is 23.4 Å². The summed E-state index contributed by atoms with van der Waals surface area (Å²) >= 11 is 1.23. The summed E-state index contributed by atoms with van der Waals surface area (Å²) < 4.78 is 5.62. The van der Waals surface area contributed by atoms with E-state index in [1.165, 1.54) is 11.8 Å². The van der Waals surface area contributed by atoms with Crippen LogP contribution < -0.4 is 5.32 Å². The molecule has 1 atom stereocenters. The maximum atomic E-state index is 12.4. The van der Waals surface area contributed by atoms with Crippen LogP contribution in [0, 0.1) is 0 Å². The molecule has 1 N–H and O–H groups in total. The van der Waals surface area contributed by atoms with Gasteiger partial charge in [-0.2, -0.15) is 0 Å². The highest BCUT2D eigenvalue weighted by Gasteiger charge is 2.19. The molecule has 0 spiro atoms. The van der Waals surface area contributed by atoms with Crippen molar-refractivity contribution in [1.82, 2.24) is 15.2 Å².